The zero-order valence-electron chi connectivity index (χ0n) is 12.6. The molecule has 1 aromatic heterocycles. The summed E-state index contributed by atoms with van der Waals surface area (Å²) in [6.45, 7) is 0. The Hall–Kier alpha value is -3.21. The Labute approximate surface area is 137 Å². The zero-order valence-corrected chi connectivity index (χ0v) is 12.6. The van der Waals surface area contributed by atoms with Crippen molar-refractivity contribution in [3.63, 3.8) is 0 Å². The van der Waals surface area contributed by atoms with Gasteiger partial charge in [0.05, 0.1) is 12.0 Å². The van der Waals surface area contributed by atoms with E-state index >= 15 is 0 Å². The van der Waals surface area contributed by atoms with Crippen LogP contribution in [-0.4, -0.2) is 10.2 Å². The fraction of sp³-hybridized carbons (Fsp3) is 0.0526. The van der Waals surface area contributed by atoms with Crippen LogP contribution in [0.3, 0.4) is 0 Å². The number of nitrogens with two attached hydrogens (primary N) is 1. The molecule has 0 spiro atoms. The minimum absolute atomic E-state index is 0.151. The number of anilines is 1. The molecule has 0 aliphatic heterocycles. The number of rotatable bonds is 2. The number of phenols is 2. The molecular formula is C19H14FNO3. The Morgan fingerprint density at radius 1 is 1.00 bits per heavy atom. The molecule has 1 aliphatic rings. The van der Waals surface area contributed by atoms with Gasteiger partial charge in [-0.05, 0) is 34.9 Å². The van der Waals surface area contributed by atoms with E-state index < -0.39 is 5.82 Å². The Morgan fingerprint density at radius 2 is 1.75 bits per heavy atom. The van der Waals surface area contributed by atoms with Gasteiger partial charge in [0, 0.05) is 29.7 Å². The van der Waals surface area contributed by atoms with Crippen molar-refractivity contribution >= 4 is 16.8 Å². The molecule has 120 valence electrons. The largest absolute Gasteiger partial charge is 0.508 e. The van der Waals surface area contributed by atoms with Gasteiger partial charge in [-0.1, -0.05) is 12.1 Å². The van der Waals surface area contributed by atoms with Crippen LogP contribution >= 0.6 is 0 Å². The number of hydrogen-bond acceptors (Lipinski definition) is 4. The summed E-state index contributed by atoms with van der Waals surface area (Å²) in [6, 6.07) is 10.9. The van der Waals surface area contributed by atoms with E-state index in [1.807, 2.05) is 0 Å². The second-order valence-corrected chi connectivity index (χ2v) is 5.74. The molecule has 0 saturated carbocycles. The number of benzene rings is 2. The summed E-state index contributed by atoms with van der Waals surface area (Å²) in [6.07, 6.45) is 1.82. The van der Waals surface area contributed by atoms with E-state index in [9.17, 15) is 14.6 Å². The fourth-order valence-electron chi connectivity index (χ4n) is 3.14. The topological polar surface area (TPSA) is 79.6 Å². The van der Waals surface area contributed by atoms with Crippen molar-refractivity contribution in [1.82, 2.24) is 0 Å². The number of fused-ring (bicyclic) bond motifs is 1. The van der Waals surface area contributed by atoms with Gasteiger partial charge in [-0.15, -0.1) is 0 Å². The predicted molar refractivity (Wildman–Crippen MR) is 88.9 cm³/mol. The highest BCUT2D eigenvalue weighted by molar-refractivity contribution is 6.04. The van der Waals surface area contributed by atoms with E-state index in [0.29, 0.717) is 34.6 Å². The number of aromatic hydroxyl groups is 2. The van der Waals surface area contributed by atoms with Gasteiger partial charge in [0.1, 0.15) is 17.3 Å². The third-order valence-electron chi connectivity index (χ3n) is 4.24. The average molecular weight is 323 g/mol. The summed E-state index contributed by atoms with van der Waals surface area (Å²) < 4.78 is 19.9. The van der Waals surface area contributed by atoms with Gasteiger partial charge in [-0.2, -0.15) is 0 Å². The van der Waals surface area contributed by atoms with Crippen LogP contribution in [0.2, 0.25) is 0 Å². The molecule has 5 heteroatoms. The first-order valence-corrected chi connectivity index (χ1v) is 7.42. The molecule has 2 aromatic carbocycles. The SMILES string of the molecule is Nc1ccoc1C1=C(c2ccc(O)cc2)Cc2c(F)cc(O)cc21. The van der Waals surface area contributed by atoms with Crippen molar-refractivity contribution in [2.24, 2.45) is 0 Å². The summed E-state index contributed by atoms with van der Waals surface area (Å²) in [7, 11) is 0. The lowest BCUT2D eigenvalue weighted by Crippen LogP contribution is -1.93. The quantitative estimate of drug-likeness (QED) is 0.667. The minimum Gasteiger partial charge on any atom is -0.508 e. The van der Waals surface area contributed by atoms with E-state index in [-0.39, 0.29) is 11.5 Å². The molecule has 0 amide bonds. The van der Waals surface area contributed by atoms with Crippen molar-refractivity contribution in [3.05, 3.63) is 77.0 Å². The van der Waals surface area contributed by atoms with Gasteiger partial charge in [-0.3, -0.25) is 0 Å². The summed E-state index contributed by atoms with van der Waals surface area (Å²) in [5.74, 6) is -0.0261. The highest BCUT2D eigenvalue weighted by atomic mass is 19.1. The molecule has 1 heterocycles. The number of nitrogen functional groups attached to an aromatic ring is 1. The number of halogens is 1. The van der Waals surface area contributed by atoms with E-state index in [2.05, 4.69) is 0 Å². The lowest BCUT2D eigenvalue weighted by molar-refractivity contribution is 0.468. The molecule has 1 aliphatic carbocycles. The first-order chi connectivity index (χ1) is 11.5. The van der Waals surface area contributed by atoms with Gasteiger partial charge in [0.2, 0.25) is 0 Å². The maximum Gasteiger partial charge on any atom is 0.157 e. The summed E-state index contributed by atoms with van der Waals surface area (Å²) in [4.78, 5) is 0. The molecule has 0 saturated heterocycles. The Balaban J connectivity index is 2.00. The van der Waals surface area contributed by atoms with E-state index in [0.717, 1.165) is 17.2 Å². The summed E-state index contributed by atoms with van der Waals surface area (Å²) in [5, 5.41) is 19.3. The third kappa shape index (κ3) is 2.13. The predicted octanol–water partition coefficient (Wildman–Crippen LogP) is 3.93. The lowest BCUT2D eigenvalue weighted by Gasteiger charge is -2.08. The fourth-order valence-corrected chi connectivity index (χ4v) is 3.14. The molecule has 0 unspecified atom stereocenters. The van der Waals surface area contributed by atoms with Crippen LogP contribution in [0.4, 0.5) is 10.1 Å². The number of furan rings is 1. The molecule has 4 rings (SSSR count). The van der Waals surface area contributed by atoms with Crippen molar-refractivity contribution in [2.75, 3.05) is 5.73 Å². The monoisotopic (exact) mass is 323 g/mol. The third-order valence-corrected chi connectivity index (χ3v) is 4.24. The number of hydrogen-bond donors (Lipinski definition) is 3. The maximum atomic E-state index is 14.3. The molecule has 24 heavy (non-hydrogen) atoms. The van der Waals surface area contributed by atoms with Crippen LogP contribution in [0.25, 0.3) is 11.1 Å². The Morgan fingerprint density at radius 3 is 2.42 bits per heavy atom. The molecule has 0 radical (unpaired) electrons. The van der Waals surface area contributed by atoms with Crippen LogP contribution in [-0.2, 0) is 6.42 Å². The van der Waals surface area contributed by atoms with Gasteiger partial charge < -0.3 is 20.4 Å². The van der Waals surface area contributed by atoms with Crippen LogP contribution in [0.1, 0.15) is 22.5 Å². The number of phenolic OH excluding ortho intramolecular Hbond substituents is 2. The Kier molecular flexibility index (Phi) is 3.09. The van der Waals surface area contributed by atoms with Gasteiger partial charge in [0.15, 0.2) is 5.76 Å². The van der Waals surface area contributed by atoms with Crippen molar-refractivity contribution in [2.45, 2.75) is 6.42 Å². The van der Waals surface area contributed by atoms with Gasteiger partial charge >= 0.3 is 0 Å². The van der Waals surface area contributed by atoms with Gasteiger partial charge in [-0.25, -0.2) is 4.39 Å². The van der Waals surface area contributed by atoms with E-state index in [1.165, 1.54) is 12.3 Å². The second-order valence-electron chi connectivity index (χ2n) is 5.74. The molecule has 0 atom stereocenters. The molecule has 3 aromatic rings. The lowest BCUT2D eigenvalue weighted by atomic mass is 9.98. The first kappa shape index (κ1) is 14.4. The normalized spacial score (nSPS) is 13.4. The maximum absolute atomic E-state index is 14.3. The highest BCUT2D eigenvalue weighted by Crippen LogP contribution is 2.46. The van der Waals surface area contributed by atoms with Crippen molar-refractivity contribution < 1.29 is 19.0 Å². The van der Waals surface area contributed by atoms with Gasteiger partial charge in [0.25, 0.3) is 0 Å². The highest BCUT2D eigenvalue weighted by Gasteiger charge is 2.29. The van der Waals surface area contributed by atoms with Crippen LogP contribution in [0, 0.1) is 5.82 Å². The van der Waals surface area contributed by atoms with Crippen molar-refractivity contribution in [1.29, 1.82) is 0 Å². The Bertz CT molecular complexity index is 971. The minimum atomic E-state index is -0.471. The standard InChI is InChI=1S/C19H14FNO3/c20-16-8-12(23)7-15-14(16)9-13(10-1-3-11(22)4-2-10)18(15)19-17(21)5-6-24-19/h1-8,22-23H,9,21H2. The summed E-state index contributed by atoms with van der Waals surface area (Å²) >= 11 is 0. The molecule has 0 bridgehead atoms. The average Bonchev–Trinajstić information content (AvgIpc) is 3.11. The number of allylic oxidation sites excluding steroid dienone is 1. The van der Waals surface area contributed by atoms with E-state index in [4.69, 9.17) is 10.2 Å². The van der Waals surface area contributed by atoms with Crippen LogP contribution in [0.5, 0.6) is 11.5 Å². The molecule has 4 nitrogen and oxygen atoms in total. The zero-order chi connectivity index (χ0) is 16.8. The first-order valence-electron chi connectivity index (χ1n) is 7.42. The summed E-state index contributed by atoms with van der Waals surface area (Å²) in [5.41, 5.74) is 9.81. The smallest absolute Gasteiger partial charge is 0.157 e. The molecule has 0 fully saturated rings. The van der Waals surface area contributed by atoms with Crippen LogP contribution < -0.4 is 5.73 Å². The van der Waals surface area contributed by atoms with Crippen molar-refractivity contribution in [3.8, 4) is 11.5 Å². The molecular weight excluding hydrogens is 309 g/mol. The van der Waals surface area contributed by atoms with Crippen LogP contribution in [0.15, 0.2) is 53.1 Å². The van der Waals surface area contributed by atoms with E-state index in [1.54, 1.807) is 30.3 Å². The second kappa shape index (κ2) is 5.16. The molecule has 4 N–H and O–H groups in total.